The zero-order valence-electron chi connectivity index (χ0n) is 15.8. The summed E-state index contributed by atoms with van der Waals surface area (Å²) in [4.78, 5) is 16.4. The molecule has 0 saturated carbocycles. The van der Waals surface area contributed by atoms with Crippen LogP contribution in [0.3, 0.4) is 0 Å². The lowest BCUT2D eigenvalue weighted by molar-refractivity contribution is 0.0950. The van der Waals surface area contributed by atoms with Gasteiger partial charge in [-0.2, -0.15) is 0 Å². The van der Waals surface area contributed by atoms with E-state index in [9.17, 15) is 4.79 Å². The topological polar surface area (TPSA) is 69.7 Å². The maximum absolute atomic E-state index is 12.4. The Morgan fingerprint density at radius 3 is 2.43 bits per heavy atom. The number of methoxy groups -OCH3 is 2. The minimum Gasteiger partial charge on any atom is -0.493 e. The first kappa shape index (κ1) is 19.2. The number of amides is 1. The third-order valence-electron chi connectivity index (χ3n) is 4.15. The van der Waals surface area contributed by atoms with Crippen molar-refractivity contribution in [3.8, 4) is 17.2 Å². The molecule has 144 valence electrons. The van der Waals surface area contributed by atoms with Crippen LogP contribution in [0.15, 0.2) is 67.0 Å². The van der Waals surface area contributed by atoms with Gasteiger partial charge in [-0.25, -0.2) is 0 Å². The van der Waals surface area contributed by atoms with Gasteiger partial charge in [-0.15, -0.1) is 0 Å². The first-order chi connectivity index (χ1) is 13.7. The van der Waals surface area contributed by atoms with Crippen molar-refractivity contribution >= 4 is 5.91 Å². The van der Waals surface area contributed by atoms with Crippen LogP contribution in [0.5, 0.6) is 17.2 Å². The average Bonchev–Trinajstić information content (AvgIpc) is 2.77. The molecule has 0 aliphatic heterocycles. The van der Waals surface area contributed by atoms with Crippen LogP contribution >= 0.6 is 0 Å². The Hall–Kier alpha value is -3.54. The minimum atomic E-state index is -0.183. The van der Waals surface area contributed by atoms with Gasteiger partial charge in [0.05, 0.1) is 14.2 Å². The van der Waals surface area contributed by atoms with E-state index in [1.54, 1.807) is 37.7 Å². The van der Waals surface area contributed by atoms with Gasteiger partial charge in [0.2, 0.25) is 0 Å². The lowest BCUT2D eigenvalue weighted by atomic mass is 10.1. The van der Waals surface area contributed by atoms with Crippen molar-refractivity contribution in [1.82, 2.24) is 10.3 Å². The number of ether oxygens (including phenoxy) is 3. The molecule has 6 nitrogen and oxygen atoms in total. The van der Waals surface area contributed by atoms with Gasteiger partial charge >= 0.3 is 0 Å². The van der Waals surface area contributed by atoms with E-state index in [2.05, 4.69) is 10.3 Å². The second-order valence-electron chi connectivity index (χ2n) is 6.05. The van der Waals surface area contributed by atoms with Crippen LogP contribution < -0.4 is 19.5 Å². The molecule has 0 bridgehead atoms. The number of pyridine rings is 1. The van der Waals surface area contributed by atoms with E-state index < -0.39 is 0 Å². The van der Waals surface area contributed by atoms with E-state index in [0.29, 0.717) is 30.2 Å². The summed E-state index contributed by atoms with van der Waals surface area (Å²) >= 11 is 0. The third kappa shape index (κ3) is 5.01. The van der Waals surface area contributed by atoms with Crippen molar-refractivity contribution in [3.63, 3.8) is 0 Å². The van der Waals surface area contributed by atoms with Gasteiger partial charge in [-0.05, 0) is 42.0 Å². The average molecular weight is 378 g/mol. The molecule has 0 atom stereocenters. The fourth-order valence-corrected chi connectivity index (χ4v) is 2.62. The van der Waals surface area contributed by atoms with Gasteiger partial charge in [0.1, 0.15) is 12.4 Å². The Bertz CT molecular complexity index is 912. The van der Waals surface area contributed by atoms with Crippen molar-refractivity contribution in [3.05, 3.63) is 83.7 Å². The summed E-state index contributed by atoms with van der Waals surface area (Å²) in [5, 5.41) is 2.90. The van der Waals surface area contributed by atoms with Gasteiger partial charge < -0.3 is 19.5 Å². The van der Waals surface area contributed by atoms with Crippen LogP contribution in [0.4, 0.5) is 0 Å². The fourth-order valence-electron chi connectivity index (χ4n) is 2.62. The zero-order valence-corrected chi connectivity index (χ0v) is 15.8. The van der Waals surface area contributed by atoms with Gasteiger partial charge in [0.15, 0.2) is 11.5 Å². The molecule has 0 spiro atoms. The minimum absolute atomic E-state index is 0.183. The quantitative estimate of drug-likeness (QED) is 0.648. The summed E-state index contributed by atoms with van der Waals surface area (Å²) in [6.07, 6.45) is 3.51. The van der Waals surface area contributed by atoms with Crippen molar-refractivity contribution < 1.29 is 19.0 Å². The lowest BCUT2D eigenvalue weighted by Gasteiger charge is -2.10. The molecule has 2 aromatic carbocycles. The van der Waals surface area contributed by atoms with Crippen molar-refractivity contribution in [1.29, 1.82) is 0 Å². The molecule has 0 fully saturated rings. The van der Waals surface area contributed by atoms with Gasteiger partial charge in [-0.1, -0.05) is 18.2 Å². The molecule has 1 N–H and O–H groups in total. The highest BCUT2D eigenvalue weighted by molar-refractivity contribution is 5.94. The predicted molar refractivity (Wildman–Crippen MR) is 106 cm³/mol. The molecule has 1 amide bonds. The summed E-state index contributed by atoms with van der Waals surface area (Å²) < 4.78 is 16.2. The van der Waals surface area contributed by atoms with Crippen LogP contribution in [-0.2, 0) is 13.2 Å². The van der Waals surface area contributed by atoms with Crippen LogP contribution in [0.2, 0.25) is 0 Å². The van der Waals surface area contributed by atoms with Gasteiger partial charge in [-0.3, -0.25) is 9.78 Å². The monoisotopic (exact) mass is 378 g/mol. The highest BCUT2D eigenvalue weighted by atomic mass is 16.5. The van der Waals surface area contributed by atoms with Crippen LogP contribution in [0, 0.1) is 0 Å². The number of nitrogens with zero attached hydrogens (tertiary/aromatic N) is 1. The molecule has 1 heterocycles. The summed E-state index contributed by atoms with van der Waals surface area (Å²) in [5.41, 5.74) is 2.49. The second kappa shape index (κ2) is 9.41. The Balaban J connectivity index is 1.53. The molecular formula is C22H22N2O4. The highest BCUT2D eigenvalue weighted by Gasteiger charge is 2.10. The Labute approximate surface area is 164 Å². The molecule has 6 heteroatoms. The molecule has 0 unspecified atom stereocenters. The summed E-state index contributed by atoms with van der Waals surface area (Å²) in [6, 6.07) is 16.5. The second-order valence-corrected chi connectivity index (χ2v) is 6.05. The zero-order chi connectivity index (χ0) is 19.8. The molecule has 3 rings (SSSR count). The number of rotatable bonds is 8. The Morgan fingerprint density at radius 1 is 0.964 bits per heavy atom. The lowest BCUT2D eigenvalue weighted by Crippen LogP contribution is -2.22. The number of carbonyl (C=O) groups excluding carboxylic acids is 1. The van der Waals surface area contributed by atoms with E-state index in [0.717, 1.165) is 16.9 Å². The van der Waals surface area contributed by atoms with Gasteiger partial charge in [0.25, 0.3) is 5.91 Å². The SMILES string of the molecule is COc1ccc(C(=O)NCc2ccc(OCc3cccnc3)cc2)cc1OC. The van der Waals surface area contributed by atoms with E-state index in [1.165, 1.54) is 7.11 Å². The molecule has 0 aliphatic carbocycles. The molecule has 3 aromatic rings. The number of hydrogen-bond acceptors (Lipinski definition) is 5. The maximum Gasteiger partial charge on any atom is 0.251 e. The maximum atomic E-state index is 12.4. The summed E-state index contributed by atoms with van der Waals surface area (Å²) in [6.45, 7) is 0.874. The van der Waals surface area contributed by atoms with Crippen molar-refractivity contribution in [2.75, 3.05) is 14.2 Å². The van der Waals surface area contributed by atoms with Crippen molar-refractivity contribution in [2.24, 2.45) is 0 Å². The summed E-state index contributed by atoms with van der Waals surface area (Å²) in [5.74, 6) is 1.68. The van der Waals surface area contributed by atoms with E-state index in [4.69, 9.17) is 14.2 Å². The summed E-state index contributed by atoms with van der Waals surface area (Å²) in [7, 11) is 3.10. The van der Waals surface area contributed by atoms with E-state index >= 15 is 0 Å². The first-order valence-electron chi connectivity index (χ1n) is 8.80. The highest BCUT2D eigenvalue weighted by Crippen LogP contribution is 2.27. The Morgan fingerprint density at radius 2 is 1.75 bits per heavy atom. The number of benzene rings is 2. The number of hydrogen-bond donors (Lipinski definition) is 1. The smallest absolute Gasteiger partial charge is 0.251 e. The normalized spacial score (nSPS) is 10.2. The predicted octanol–water partition coefficient (Wildman–Crippen LogP) is 3.61. The van der Waals surface area contributed by atoms with E-state index in [1.807, 2.05) is 36.4 Å². The molecular weight excluding hydrogens is 356 g/mol. The molecule has 1 aromatic heterocycles. The van der Waals surface area contributed by atoms with Crippen LogP contribution in [0.25, 0.3) is 0 Å². The number of nitrogens with one attached hydrogen (secondary N) is 1. The third-order valence-corrected chi connectivity index (χ3v) is 4.15. The Kier molecular flexibility index (Phi) is 6.46. The molecule has 0 saturated heterocycles. The van der Waals surface area contributed by atoms with Crippen molar-refractivity contribution in [2.45, 2.75) is 13.2 Å². The van der Waals surface area contributed by atoms with Crippen LogP contribution in [-0.4, -0.2) is 25.1 Å². The molecule has 0 aliphatic rings. The molecule has 0 radical (unpaired) electrons. The standard InChI is InChI=1S/C22H22N2O4/c1-26-20-10-7-18(12-21(20)27-2)22(25)24-14-16-5-8-19(9-6-16)28-15-17-4-3-11-23-13-17/h3-13H,14-15H2,1-2H3,(H,24,25). The largest absolute Gasteiger partial charge is 0.493 e. The first-order valence-corrected chi connectivity index (χ1v) is 8.80. The van der Waals surface area contributed by atoms with E-state index in [-0.39, 0.29) is 5.91 Å². The molecule has 28 heavy (non-hydrogen) atoms. The number of carbonyl (C=O) groups is 1. The van der Waals surface area contributed by atoms with Crippen LogP contribution in [0.1, 0.15) is 21.5 Å². The fraction of sp³-hybridized carbons (Fsp3) is 0.182. The number of aromatic nitrogens is 1. The van der Waals surface area contributed by atoms with Gasteiger partial charge in [0, 0.05) is 30.1 Å².